The molecule has 1 unspecified atom stereocenters. The van der Waals surface area contributed by atoms with Gasteiger partial charge in [-0.25, -0.2) is 4.98 Å². The highest BCUT2D eigenvalue weighted by molar-refractivity contribution is 7.09. The average molecular weight is 328 g/mol. The van der Waals surface area contributed by atoms with E-state index in [2.05, 4.69) is 4.98 Å². The van der Waals surface area contributed by atoms with Crippen LogP contribution in [0, 0.1) is 0 Å². The van der Waals surface area contributed by atoms with E-state index < -0.39 is 0 Å². The number of amides is 2. The Labute approximate surface area is 132 Å². The number of piperazine rings is 1. The Morgan fingerprint density at radius 2 is 2.29 bits per heavy atom. The number of rotatable bonds is 5. The maximum atomic E-state index is 12.3. The number of halogens is 1. The molecule has 0 aliphatic carbocycles. The van der Waals surface area contributed by atoms with Gasteiger partial charge in [0.1, 0.15) is 6.04 Å². The Bertz CT molecular complexity index is 548. The van der Waals surface area contributed by atoms with Crippen LogP contribution < -0.4 is 0 Å². The number of fused-ring (bicyclic) bond motifs is 1. The number of aryl methyl sites for hydroxylation is 1. The van der Waals surface area contributed by atoms with Crippen LogP contribution in [0.3, 0.4) is 0 Å². The van der Waals surface area contributed by atoms with E-state index >= 15 is 0 Å². The molecule has 5 nitrogen and oxygen atoms in total. The molecule has 2 amide bonds. The minimum atomic E-state index is -0.200. The van der Waals surface area contributed by atoms with Gasteiger partial charge in [0.25, 0.3) is 0 Å². The van der Waals surface area contributed by atoms with E-state index in [0.717, 1.165) is 42.9 Å². The summed E-state index contributed by atoms with van der Waals surface area (Å²) in [4.78, 5) is 32.2. The number of carbonyl (C=O) groups is 2. The number of thiazole rings is 1. The number of hydrogen-bond donors (Lipinski definition) is 0. The van der Waals surface area contributed by atoms with Gasteiger partial charge in [0.05, 0.1) is 23.1 Å². The van der Waals surface area contributed by atoms with Crippen LogP contribution in [0.5, 0.6) is 0 Å². The number of hydrogen-bond acceptors (Lipinski definition) is 4. The Balaban J connectivity index is 1.53. The summed E-state index contributed by atoms with van der Waals surface area (Å²) in [5.74, 6) is 0.649. The maximum Gasteiger partial charge on any atom is 0.245 e. The normalized spacial score (nSPS) is 22.0. The second kappa shape index (κ2) is 6.32. The lowest BCUT2D eigenvalue weighted by molar-refractivity contribution is -0.153. The third-order valence-corrected chi connectivity index (χ3v) is 5.28. The standard InChI is InChI=1S/C14H18ClN3O2S/c15-7-10-9-21-12(16-10)4-2-5-17-8-13(19)18-6-1-3-11(18)14(17)20/h9,11H,1-8H2. The molecule has 1 aromatic rings. The fourth-order valence-electron chi connectivity index (χ4n) is 3.00. The molecule has 0 aromatic carbocycles. The Kier molecular flexibility index (Phi) is 4.45. The SMILES string of the molecule is O=C1C2CCCN2C(=O)CN1CCCc1nc(CCl)cs1. The Hall–Kier alpha value is -1.14. The van der Waals surface area contributed by atoms with Gasteiger partial charge in [-0.15, -0.1) is 22.9 Å². The zero-order valence-corrected chi connectivity index (χ0v) is 13.3. The van der Waals surface area contributed by atoms with Gasteiger partial charge >= 0.3 is 0 Å². The van der Waals surface area contributed by atoms with Gasteiger partial charge in [-0.05, 0) is 19.3 Å². The molecule has 2 saturated heterocycles. The van der Waals surface area contributed by atoms with Crippen LogP contribution in [-0.4, -0.2) is 52.3 Å². The largest absolute Gasteiger partial charge is 0.332 e. The zero-order valence-electron chi connectivity index (χ0n) is 11.8. The molecule has 0 bridgehead atoms. The fraction of sp³-hybridized carbons (Fsp3) is 0.643. The highest BCUT2D eigenvalue weighted by Crippen LogP contribution is 2.24. The molecule has 1 aromatic heterocycles. The van der Waals surface area contributed by atoms with Crippen molar-refractivity contribution in [1.29, 1.82) is 0 Å². The van der Waals surface area contributed by atoms with E-state index in [1.54, 1.807) is 21.1 Å². The predicted molar refractivity (Wildman–Crippen MR) is 81.3 cm³/mol. The third-order valence-electron chi connectivity index (χ3n) is 4.05. The van der Waals surface area contributed by atoms with Gasteiger partial charge in [0.2, 0.25) is 11.8 Å². The maximum absolute atomic E-state index is 12.3. The fourth-order valence-corrected chi connectivity index (χ4v) is 4.07. The van der Waals surface area contributed by atoms with Gasteiger partial charge in [-0.2, -0.15) is 0 Å². The van der Waals surface area contributed by atoms with Crippen molar-refractivity contribution in [3.8, 4) is 0 Å². The van der Waals surface area contributed by atoms with Gasteiger partial charge in [-0.3, -0.25) is 9.59 Å². The molecule has 7 heteroatoms. The topological polar surface area (TPSA) is 53.5 Å². The third kappa shape index (κ3) is 3.06. The van der Waals surface area contributed by atoms with E-state index in [1.807, 2.05) is 5.38 Å². The first-order valence-corrected chi connectivity index (χ1v) is 8.68. The van der Waals surface area contributed by atoms with E-state index in [-0.39, 0.29) is 24.4 Å². The van der Waals surface area contributed by atoms with E-state index in [0.29, 0.717) is 12.4 Å². The summed E-state index contributed by atoms with van der Waals surface area (Å²) in [5.41, 5.74) is 0.905. The highest BCUT2D eigenvalue weighted by atomic mass is 35.5. The Morgan fingerprint density at radius 1 is 1.43 bits per heavy atom. The molecule has 3 heterocycles. The molecule has 0 spiro atoms. The monoisotopic (exact) mass is 327 g/mol. The van der Waals surface area contributed by atoms with Gasteiger partial charge < -0.3 is 9.80 Å². The summed E-state index contributed by atoms with van der Waals surface area (Å²) in [5, 5.41) is 3.01. The predicted octanol–water partition coefficient (Wildman–Crippen LogP) is 1.65. The molecule has 2 fully saturated rings. The molecular weight excluding hydrogens is 310 g/mol. The summed E-state index contributed by atoms with van der Waals surface area (Å²) in [6, 6.07) is -0.200. The van der Waals surface area contributed by atoms with Crippen molar-refractivity contribution in [1.82, 2.24) is 14.8 Å². The molecule has 2 aliphatic heterocycles. The van der Waals surface area contributed by atoms with Crippen molar-refractivity contribution in [2.45, 2.75) is 37.6 Å². The molecule has 1 atom stereocenters. The van der Waals surface area contributed by atoms with Crippen LogP contribution in [-0.2, 0) is 21.9 Å². The van der Waals surface area contributed by atoms with Crippen molar-refractivity contribution < 1.29 is 9.59 Å². The number of aromatic nitrogens is 1. The number of nitrogens with zero attached hydrogens (tertiary/aromatic N) is 3. The average Bonchev–Trinajstić information content (AvgIpc) is 3.13. The summed E-state index contributed by atoms with van der Waals surface area (Å²) >= 11 is 7.34. The number of carbonyl (C=O) groups excluding carboxylic acids is 2. The van der Waals surface area contributed by atoms with Crippen LogP contribution in [0.2, 0.25) is 0 Å². The van der Waals surface area contributed by atoms with Crippen LogP contribution >= 0.6 is 22.9 Å². The second-order valence-corrected chi connectivity index (χ2v) is 6.68. The van der Waals surface area contributed by atoms with Crippen molar-refractivity contribution in [3.63, 3.8) is 0 Å². The van der Waals surface area contributed by atoms with Crippen molar-refractivity contribution >= 4 is 34.8 Å². The molecule has 0 radical (unpaired) electrons. The first-order valence-electron chi connectivity index (χ1n) is 7.26. The molecule has 21 heavy (non-hydrogen) atoms. The summed E-state index contributed by atoms with van der Waals surface area (Å²) in [7, 11) is 0. The molecule has 114 valence electrons. The highest BCUT2D eigenvalue weighted by Gasteiger charge is 2.41. The van der Waals surface area contributed by atoms with Crippen LogP contribution in [0.4, 0.5) is 0 Å². The zero-order chi connectivity index (χ0) is 14.8. The summed E-state index contributed by atoms with van der Waals surface area (Å²) in [6.45, 7) is 1.61. The smallest absolute Gasteiger partial charge is 0.245 e. The minimum absolute atomic E-state index is 0.0933. The van der Waals surface area contributed by atoms with E-state index in [4.69, 9.17) is 11.6 Å². The van der Waals surface area contributed by atoms with E-state index in [1.165, 1.54) is 0 Å². The van der Waals surface area contributed by atoms with Crippen molar-refractivity contribution in [2.75, 3.05) is 19.6 Å². The molecule has 0 N–H and O–H groups in total. The van der Waals surface area contributed by atoms with Gasteiger partial charge in [0.15, 0.2) is 0 Å². The lowest BCUT2D eigenvalue weighted by Gasteiger charge is -2.36. The minimum Gasteiger partial charge on any atom is -0.332 e. The van der Waals surface area contributed by atoms with Gasteiger partial charge in [-0.1, -0.05) is 0 Å². The van der Waals surface area contributed by atoms with Crippen molar-refractivity contribution in [2.24, 2.45) is 0 Å². The second-order valence-electron chi connectivity index (χ2n) is 5.47. The summed E-state index contributed by atoms with van der Waals surface area (Å²) < 4.78 is 0. The molecular formula is C14H18ClN3O2S. The van der Waals surface area contributed by atoms with Crippen molar-refractivity contribution in [3.05, 3.63) is 16.1 Å². The molecule has 2 aliphatic rings. The van der Waals surface area contributed by atoms with Gasteiger partial charge in [0, 0.05) is 24.9 Å². The Morgan fingerprint density at radius 3 is 3.05 bits per heavy atom. The molecule has 0 saturated carbocycles. The first-order chi connectivity index (χ1) is 10.2. The number of alkyl halides is 1. The first kappa shape index (κ1) is 14.8. The van der Waals surface area contributed by atoms with E-state index in [9.17, 15) is 9.59 Å². The molecule has 3 rings (SSSR count). The van der Waals surface area contributed by atoms with Crippen LogP contribution in [0.1, 0.15) is 30.0 Å². The quantitative estimate of drug-likeness (QED) is 0.773. The lowest BCUT2D eigenvalue weighted by atomic mass is 10.1. The van der Waals surface area contributed by atoms with Crippen LogP contribution in [0.25, 0.3) is 0 Å². The summed E-state index contributed by atoms with van der Waals surface area (Å²) in [6.07, 6.45) is 3.41. The lowest BCUT2D eigenvalue weighted by Crippen LogP contribution is -2.57. The van der Waals surface area contributed by atoms with Crippen LogP contribution in [0.15, 0.2) is 5.38 Å².